The summed E-state index contributed by atoms with van der Waals surface area (Å²) in [5.41, 5.74) is 2.48. The molecule has 112 valence electrons. The van der Waals surface area contributed by atoms with Gasteiger partial charge in [0, 0.05) is 56.1 Å². The molecule has 5 nitrogen and oxygen atoms in total. The minimum Gasteiger partial charge on any atom is -0.333 e. The fraction of sp³-hybridized carbons (Fsp3) is 0.533. The third kappa shape index (κ3) is 3.83. The Balaban J connectivity index is 1.61. The highest BCUT2D eigenvalue weighted by Crippen LogP contribution is 2.16. The largest absolute Gasteiger partial charge is 0.333 e. The zero-order valence-corrected chi connectivity index (χ0v) is 13.2. The second-order valence-electron chi connectivity index (χ2n) is 5.36. The first-order chi connectivity index (χ1) is 10.3. The predicted octanol–water partition coefficient (Wildman–Crippen LogP) is 2.58. The molecule has 2 aromatic rings. The van der Waals surface area contributed by atoms with Gasteiger partial charge in [-0.25, -0.2) is 15.0 Å². The van der Waals surface area contributed by atoms with Gasteiger partial charge in [0.25, 0.3) is 0 Å². The molecular weight excluding hydrogens is 282 g/mol. The van der Waals surface area contributed by atoms with Crippen molar-refractivity contribution in [1.82, 2.24) is 24.4 Å². The van der Waals surface area contributed by atoms with Crippen LogP contribution >= 0.6 is 11.8 Å². The Kier molecular flexibility index (Phi) is 4.87. The van der Waals surface area contributed by atoms with E-state index in [1.807, 2.05) is 24.9 Å². The van der Waals surface area contributed by atoms with Crippen LogP contribution in [0, 0.1) is 0 Å². The molecule has 0 N–H and O–H groups in total. The van der Waals surface area contributed by atoms with Crippen LogP contribution in [0.3, 0.4) is 0 Å². The number of hydrogen-bond acceptors (Lipinski definition) is 5. The summed E-state index contributed by atoms with van der Waals surface area (Å²) in [6.07, 6.45) is 10.1. The van der Waals surface area contributed by atoms with Crippen molar-refractivity contribution >= 4 is 11.8 Å². The SMILES string of the molecule is CCCSc1ncc(CN2CCCn3cncc3C2)cn1. The van der Waals surface area contributed by atoms with E-state index >= 15 is 0 Å². The second-order valence-corrected chi connectivity index (χ2v) is 6.43. The van der Waals surface area contributed by atoms with Gasteiger partial charge in [-0.2, -0.15) is 0 Å². The van der Waals surface area contributed by atoms with Crippen molar-refractivity contribution in [2.75, 3.05) is 12.3 Å². The molecule has 0 bridgehead atoms. The van der Waals surface area contributed by atoms with Crippen molar-refractivity contribution < 1.29 is 0 Å². The van der Waals surface area contributed by atoms with Crippen LogP contribution in [0.4, 0.5) is 0 Å². The molecule has 21 heavy (non-hydrogen) atoms. The van der Waals surface area contributed by atoms with Gasteiger partial charge >= 0.3 is 0 Å². The Labute approximate surface area is 129 Å². The minimum absolute atomic E-state index is 0.884. The average Bonchev–Trinajstić information content (AvgIpc) is 2.85. The maximum atomic E-state index is 4.45. The van der Waals surface area contributed by atoms with E-state index in [1.165, 1.54) is 11.3 Å². The third-order valence-electron chi connectivity index (χ3n) is 3.58. The highest BCUT2D eigenvalue weighted by Gasteiger charge is 2.14. The Bertz CT molecular complexity index is 566. The van der Waals surface area contributed by atoms with E-state index in [0.717, 1.165) is 49.9 Å². The Morgan fingerprint density at radius 3 is 2.86 bits per heavy atom. The number of hydrogen-bond donors (Lipinski definition) is 0. The quantitative estimate of drug-likeness (QED) is 0.627. The van der Waals surface area contributed by atoms with Crippen molar-refractivity contribution in [1.29, 1.82) is 0 Å². The number of aryl methyl sites for hydroxylation is 1. The van der Waals surface area contributed by atoms with Crippen molar-refractivity contribution in [3.05, 3.63) is 36.2 Å². The van der Waals surface area contributed by atoms with Gasteiger partial charge in [0.15, 0.2) is 5.16 Å². The molecule has 2 aromatic heterocycles. The zero-order valence-electron chi connectivity index (χ0n) is 12.4. The average molecular weight is 303 g/mol. The van der Waals surface area contributed by atoms with E-state index in [4.69, 9.17) is 0 Å². The fourth-order valence-corrected chi connectivity index (χ4v) is 3.18. The summed E-state index contributed by atoms with van der Waals surface area (Å²) in [6, 6.07) is 0. The van der Waals surface area contributed by atoms with Gasteiger partial charge in [-0.1, -0.05) is 18.7 Å². The molecule has 0 unspecified atom stereocenters. The summed E-state index contributed by atoms with van der Waals surface area (Å²) in [5, 5.41) is 0.884. The highest BCUT2D eigenvalue weighted by atomic mass is 32.2. The standard InChI is InChI=1S/C15H21N5S/c1-2-6-21-15-17-7-13(8-18-15)10-19-4-3-5-20-12-16-9-14(20)11-19/h7-9,12H,2-6,10-11H2,1H3. The van der Waals surface area contributed by atoms with Gasteiger partial charge in [0.2, 0.25) is 0 Å². The Hall–Kier alpha value is -1.40. The highest BCUT2D eigenvalue weighted by molar-refractivity contribution is 7.99. The lowest BCUT2D eigenvalue weighted by Crippen LogP contribution is -2.23. The van der Waals surface area contributed by atoms with E-state index in [-0.39, 0.29) is 0 Å². The molecule has 0 spiro atoms. The monoisotopic (exact) mass is 303 g/mol. The molecule has 3 rings (SSSR count). The lowest BCUT2D eigenvalue weighted by atomic mass is 10.3. The normalized spacial score (nSPS) is 15.7. The number of thioether (sulfide) groups is 1. The third-order valence-corrected chi connectivity index (χ3v) is 4.66. The minimum atomic E-state index is 0.884. The summed E-state index contributed by atoms with van der Waals surface area (Å²) in [4.78, 5) is 15.6. The first-order valence-electron chi connectivity index (χ1n) is 7.50. The molecule has 3 heterocycles. The van der Waals surface area contributed by atoms with Crippen LogP contribution in [0.25, 0.3) is 0 Å². The van der Waals surface area contributed by atoms with Crippen LogP contribution in [0.15, 0.2) is 30.1 Å². The Morgan fingerprint density at radius 1 is 1.19 bits per heavy atom. The van der Waals surface area contributed by atoms with E-state index < -0.39 is 0 Å². The number of imidazole rings is 1. The van der Waals surface area contributed by atoms with Gasteiger partial charge in [0.1, 0.15) is 0 Å². The van der Waals surface area contributed by atoms with E-state index in [0.29, 0.717) is 0 Å². The Morgan fingerprint density at radius 2 is 2.05 bits per heavy atom. The maximum Gasteiger partial charge on any atom is 0.187 e. The first-order valence-corrected chi connectivity index (χ1v) is 8.49. The number of rotatable bonds is 5. The van der Waals surface area contributed by atoms with Gasteiger partial charge in [-0.15, -0.1) is 0 Å². The smallest absolute Gasteiger partial charge is 0.187 e. The van der Waals surface area contributed by atoms with Gasteiger partial charge in [0.05, 0.1) is 12.0 Å². The molecule has 0 aromatic carbocycles. The van der Waals surface area contributed by atoms with Crippen LogP contribution in [0.2, 0.25) is 0 Å². The van der Waals surface area contributed by atoms with E-state index in [9.17, 15) is 0 Å². The molecule has 0 saturated heterocycles. The number of nitrogens with zero attached hydrogens (tertiary/aromatic N) is 5. The second kappa shape index (κ2) is 7.04. The van der Waals surface area contributed by atoms with Gasteiger partial charge < -0.3 is 4.57 Å². The van der Waals surface area contributed by atoms with Crippen molar-refractivity contribution in [2.24, 2.45) is 0 Å². The summed E-state index contributed by atoms with van der Waals surface area (Å²) < 4.78 is 2.25. The predicted molar refractivity (Wildman–Crippen MR) is 84.0 cm³/mol. The molecule has 1 aliphatic rings. The topological polar surface area (TPSA) is 46.8 Å². The van der Waals surface area contributed by atoms with E-state index in [1.54, 1.807) is 11.8 Å². The van der Waals surface area contributed by atoms with Crippen LogP contribution in [-0.4, -0.2) is 36.7 Å². The van der Waals surface area contributed by atoms with Crippen molar-refractivity contribution in [3.63, 3.8) is 0 Å². The molecular formula is C15H21N5S. The van der Waals surface area contributed by atoms with Gasteiger partial charge in [-0.05, 0) is 12.8 Å². The van der Waals surface area contributed by atoms with Crippen LogP contribution in [-0.2, 0) is 19.6 Å². The molecule has 0 amide bonds. The van der Waals surface area contributed by atoms with Crippen molar-refractivity contribution in [3.8, 4) is 0 Å². The summed E-state index contributed by atoms with van der Waals surface area (Å²) in [5.74, 6) is 1.08. The molecule has 0 saturated carbocycles. The van der Waals surface area contributed by atoms with Crippen LogP contribution < -0.4 is 0 Å². The van der Waals surface area contributed by atoms with Crippen LogP contribution in [0.1, 0.15) is 31.0 Å². The van der Waals surface area contributed by atoms with Crippen molar-refractivity contribution in [2.45, 2.75) is 44.6 Å². The van der Waals surface area contributed by atoms with Gasteiger partial charge in [-0.3, -0.25) is 4.90 Å². The zero-order chi connectivity index (χ0) is 14.5. The fourth-order valence-electron chi connectivity index (χ4n) is 2.54. The summed E-state index contributed by atoms with van der Waals surface area (Å²) >= 11 is 1.72. The summed E-state index contributed by atoms with van der Waals surface area (Å²) in [7, 11) is 0. The van der Waals surface area contributed by atoms with Crippen LogP contribution in [0.5, 0.6) is 0 Å². The summed E-state index contributed by atoms with van der Waals surface area (Å²) in [6.45, 7) is 6.20. The number of fused-ring (bicyclic) bond motifs is 1. The molecule has 1 aliphatic heterocycles. The lowest BCUT2D eigenvalue weighted by Gasteiger charge is -2.19. The molecule has 0 fully saturated rings. The number of aromatic nitrogens is 4. The maximum absolute atomic E-state index is 4.45. The molecule has 0 atom stereocenters. The van der Waals surface area contributed by atoms with E-state index in [2.05, 4.69) is 31.3 Å². The lowest BCUT2D eigenvalue weighted by molar-refractivity contribution is 0.260. The molecule has 0 aliphatic carbocycles. The molecule has 0 radical (unpaired) electrons. The molecule has 6 heteroatoms. The first kappa shape index (κ1) is 14.5.